The molecule has 132 valence electrons. The van der Waals surface area contributed by atoms with E-state index in [1.807, 2.05) is 0 Å². The molecule has 2 aromatic carbocycles. The number of nitrogens with zero attached hydrogens (tertiary/aromatic N) is 3. The molecule has 0 radical (unpaired) electrons. The lowest BCUT2D eigenvalue weighted by Gasteiger charge is -2.31. The number of nitriles is 1. The Bertz CT molecular complexity index is 1040. The van der Waals surface area contributed by atoms with Gasteiger partial charge in [0.15, 0.2) is 11.5 Å². The number of benzene rings is 2. The van der Waals surface area contributed by atoms with Crippen LogP contribution in [0.2, 0.25) is 0 Å². The predicted octanol–water partition coefficient (Wildman–Crippen LogP) is 2.10. The molecule has 8 heteroatoms. The highest BCUT2D eigenvalue weighted by molar-refractivity contribution is 7.89. The van der Waals surface area contributed by atoms with Crippen LogP contribution < -0.4 is 4.90 Å². The number of carbonyl (C=O) groups excluding carboxylic acids is 1. The van der Waals surface area contributed by atoms with E-state index in [1.165, 1.54) is 30.1 Å². The molecule has 2 aromatic rings. The molecule has 0 fully saturated rings. The predicted molar refractivity (Wildman–Crippen MR) is 95.3 cm³/mol. The van der Waals surface area contributed by atoms with Crippen LogP contribution in [0.5, 0.6) is 0 Å². The summed E-state index contributed by atoms with van der Waals surface area (Å²) >= 11 is 0. The Morgan fingerprint density at radius 3 is 2.42 bits per heavy atom. The van der Waals surface area contributed by atoms with Gasteiger partial charge in [0.05, 0.1) is 11.0 Å². The Balaban J connectivity index is 2.20. The van der Waals surface area contributed by atoms with Crippen molar-refractivity contribution in [3.63, 3.8) is 0 Å². The summed E-state index contributed by atoms with van der Waals surface area (Å²) in [5, 5.41) is 19.7. The Kier molecular flexibility index (Phi) is 4.40. The van der Waals surface area contributed by atoms with Gasteiger partial charge in [-0.2, -0.15) is 5.26 Å². The van der Waals surface area contributed by atoms with E-state index >= 15 is 0 Å². The number of carbonyl (C=O) groups is 1. The molecule has 3 rings (SSSR count). The fourth-order valence-corrected chi connectivity index (χ4v) is 4.30. The topological polar surface area (TPSA) is 102 Å². The number of aliphatic hydroxyl groups excluding tert-OH is 1. The minimum atomic E-state index is -4.14. The molecule has 7 nitrogen and oxygen atoms in total. The fraction of sp³-hybridized carbons (Fsp3) is 0.111. The lowest BCUT2D eigenvalue weighted by atomic mass is 10.1. The van der Waals surface area contributed by atoms with E-state index in [0.717, 1.165) is 0 Å². The average molecular weight is 369 g/mol. The molecular weight excluding hydrogens is 354 g/mol. The van der Waals surface area contributed by atoms with Gasteiger partial charge in [-0.25, -0.2) is 12.7 Å². The number of sulfonamides is 1. The summed E-state index contributed by atoms with van der Waals surface area (Å²) in [6.45, 7) is -0.593. The third kappa shape index (κ3) is 2.68. The van der Waals surface area contributed by atoms with Crippen molar-refractivity contribution < 1.29 is 18.3 Å². The number of hydrogen-bond acceptors (Lipinski definition) is 5. The molecule has 0 atom stereocenters. The summed E-state index contributed by atoms with van der Waals surface area (Å²) < 4.78 is 26.4. The smallest absolute Gasteiger partial charge is 0.279 e. The van der Waals surface area contributed by atoms with Gasteiger partial charge in [0.2, 0.25) is 0 Å². The first kappa shape index (κ1) is 17.5. The minimum Gasteiger partial charge on any atom is -0.505 e. The zero-order chi connectivity index (χ0) is 18.9. The van der Waals surface area contributed by atoms with Crippen molar-refractivity contribution in [1.29, 1.82) is 5.26 Å². The lowest BCUT2D eigenvalue weighted by molar-refractivity contribution is -0.115. The molecule has 26 heavy (non-hydrogen) atoms. The van der Waals surface area contributed by atoms with Crippen LogP contribution in [0.1, 0.15) is 5.56 Å². The van der Waals surface area contributed by atoms with Crippen LogP contribution >= 0.6 is 0 Å². The summed E-state index contributed by atoms with van der Waals surface area (Å²) in [6, 6.07) is 16.1. The third-order valence-electron chi connectivity index (χ3n) is 4.05. The van der Waals surface area contributed by atoms with E-state index in [4.69, 9.17) is 5.26 Å². The Hall–Kier alpha value is -3.31. The highest BCUT2D eigenvalue weighted by Crippen LogP contribution is 2.36. The molecule has 0 aliphatic carbocycles. The maximum Gasteiger partial charge on any atom is 0.279 e. The highest BCUT2D eigenvalue weighted by Gasteiger charge is 2.41. The number of rotatable bonds is 3. The summed E-state index contributed by atoms with van der Waals surface area (Å²) in [7, 11) is -2.67. The Labute approximate surface area is 151 Å². The van der Waals surface area contributed by atoms with E-state index in [2.05, 4.69) is 0 Å². The normalized spacial score (nSPS) is 15.2. The third-order valence-corrected chi connectivity index (χ3v) is 5.85. The van der Waals surface area contributed by atoms with Crippen molar-refractivity contribution in [3.8, 4) is 6.07 Å². The van der Waals surface area contributed by atoms with Gasteiger partial charge >= 0.3 is 0 Å². The van der Waals surface area contributed by atoms with Gasteiger partial charge in [-0.15, -0.1) is 0 Å². The van der Waals surface area contributed by atoms with Crippen molar-refractivity contribution in [2.24, 2.45) is 0 Å². The monoisotopic (exact) mass is 369 g/mol. The summed E-state index contributed by atoms with van der Waals surface area (Å²) in [5.74, 6) is -1.21. The maximum absolute atomic E-state index is 13.0. The van der Waals surface area contributed by atoms with Crippen LogP contribution in [0.4, 0.5) is 5.69 Å². The summed E-state index contributed by atoms with van der Waals surface area (Å²) in [6.07, 6.45) is 0. The average Bonchev–Trinajstić information content (AvgIpc) is 2.66. The molecule has 0 unspecified atom stereocenters. The van der Waals surface area contributed by atoms with Crippen molar-refractivity contribution in [1.82, 2.24) is 4.31 Å². The number of amides is 1. The van der Waals surface area contributed by atoms with E-state index in [9.17, 15) is 18.3 Å². The van der Waals surface area contributed by atoms with Gasteiger partial charge in [-0.1, -0.05) is 30.3 Å². The maximum atomic E-state index is 13.0. The second kappa shape index (κ2) is 6.54. The lowest BCUT2D eigenvalue weighted by Crippen LogP contribution is -2.42. The fourth-order valence-electron chi connectivity index (χ4n) is 2.74. The number of likely N-dealkylation sites (N-methyl/N-ethyl adjacent to an activating group) is 1. The van der Waals surface area contributed by atoms with Crippen LogP contribution in [-0.4, -0.2) is 37.3 Å². The highest BCUT2D eigenvalue weighted by atomic mass is 32.2. The SMILES string of the molecule is CN(C(=O)C1=C(O)c2ccccc2S(=O)(=O)N1CC#N)c1ccccc1. The molecule has 1 amide bonds. The second-order valence-corrected chi connectivity index (χ2v) is 7.39. The molecule has 1 aliphatic heterocycles. The van der Waals surface area contributed by atoms with Gasteiger partial charge in [-0.05, 0) is 24.3 Å². The van der Waals surface area contributed by atoms with Crippen LogP contribution in [-0.2, 0) is 14.8 Å². The van der Waals surface area contributed by atoms with Crippen molar-refractivity contribution >= 4 is 27.4 Å². The zero-order valence-electron chi connectivity index (χ0n) is 13.8. The first-order valence-electron chi connectivity index (χ1n) is 7.65. The molecule has 0 aromatic heterocycles. The molecule has 0 saturated carbocycles. The number of anilines is 1. The largest absolute Gasteiger partial charge is 0.505 e. The first-order valence-corrected chi connectivity index (χ1v) is 9.09. The van der Waals surface area contributed by atoms with Crippen molar-refractivity contribution in [2.75, 3.05) is 18.5 Å². The number of hydrogen-bond donors (Lipinski definition) is 1. The van der Waals surface area contributed by atoms with Crippen molar-refractivity contribution in [2.45, 2.75) is 4.90 Å². The van der Waals surface area contributed by atoms with Gasteiger partial charge in [0, 0.05) is 18.3 Å². The van der Waals surface area contributed by atoms with Crippen LogP contribution in [0, 0.1) is 11.3 Å². The number of para-hydroxylation sites is 1. The Morgan fingerprint density at radius 2 is 1.77 bits per heavy atom. The van der Waals surface area contributed by atoms with Gasteiger partial charge < -0.3 is 10.0 Å². The standard InChI is InChI=1S/C18H15N3O4S/c1-20(13-7-3-2-4-8-13)18(23)16-17(22)14-9-5-6-10-15(14)26(24,25)21(16)12-11-19/h2-10,22H,12H2,1H3. The molecule has 0 bridgehead atoms. The van der Waals surface area contributed by atoms with Gasteiger partial charge in [0.25, 0.3) is 15.9 Å². The number of aliphatic hydroxyl groups is 1. The molecule has 1 N–H and O–H groups in total. The molecule has 1 heterocycles. The quantitative estimate of drug-likeness (QED) is 0.835. The van der Waals surface area contributed by atoms with E-state index in [-0.39, 0.29) is 10.5 Å². The molecule has 0 spiro atoms. The van der Waals surface area contributed by atoms with Gasteiger partial charge in [0.1, 0.15) is 6.54 Å². The molecule has 0 saturated heterocycles. The van der Waals surface area contributed by atoms with Gasteiger partial charge in [-0.3, -0.25) is 4.79 Å². The number of fused-ring (bicyclic) bond motifs is 1. The van der Waals surface area contributed by atoms with Crippen LogP contribution in [0.15, 0.2) is 65.2 Å². The zero-order valence-corrected chi connectivity index (χ0v) is 14.6. The molecule has 1 aliphatic rings. The summed E-state index contributed by atoms with van der Waals surface area (Å²) in [5.41, 5.74) is 0.106. The molecular formula is C18H15N3O4S. The van der Waals surface area contributed by atoms with Crippen molar-refractivity contribution in [3.05, 3.63) is 65.9 Å². The van der Waals surface area contributed by atoms with Crippen LogP contribution in [0.3, 0.4) is 0 Å². The second-order valence-electron chi connectivity index (χ2n) is 5.56. The first-order chi connectivity index (χ1) is 12.4. The van der Waals surface area contributed by atoms with Crippen LogP contribution in [0.25, 0.3) is 5.76 Å². The Morgan fingerprint density at radius 1 is 1.15 bits per heavy atom. The minimum absolute atomic E-state index is 0.0338. The van der Waals surface area contributed by atoms with E-state index < -0.39 is 33.9 Å². The summed E-state index contributed by atoms with van der Waals surface area (Å²) in [4.78, 5) is 14.1. The van der Waals surface area contributed by atoms with E-state index in [1.54, 1.807) is 42.5 Å². The van der Waals surface area contributed by atoms with E-state index in [0.29, 0.717) is 9.99 Å².